The zero-order chi connectivity index (χ0) is 53.5. The molecule has 0 aliphatic heterocycles. The maximum Gasteiger partial charge on any atom is 0.412 e. The number of benzene rings is 4. The Balaban J connectivity index is 0.000000241. The Hall–Kier alpha value is -7.25. The fourth-order valence-corrected chi connectivity index (χ4v) is 8.10. The average Bonchev–Trinajstić information content (AvgIpc) is 3.78. The quantitative estimate of drug-likeness (QED) is 0.0421. The van der Waals surface area contributed by atoms with Gasteiger partial charge in [0.2, 0.25) is 28.2 Å². The monoisotopic (exact) mass is 1080 g/mol. The van der Waals surface area contributed by atoms with Gasteiger partial charge in [0.1, 0.15) is 29.9 Å². The van der Waals surface area contributed by atoms with Crippen LogP contribution in [0.5, 0.6) is 0 Å². The second kappa shape index (κ2) is 26.1. The molecule has 19 nitrogen and oxygen atoms in total. The van der Waals surface area contributed by atoms with E-state index < -0.39 is 51.6 Å². The largest absolute Gasteiger partial charge is 0.447 e. The number of aryl methyl sites for hydroxylation is 1. The predicted molar refractivity (Wildman–Crippen MR) is 272 cm³/mol. The standard InChI is InChI=1S/C26H25ClF2N6O3.C23H25ClFN5O5S/c1-17(37)35(32-12-19-4-3-5-24(29)26(19)27)23(10-22-13-33(2)15-31-22)14-38-34(16-36)25-9-20-8-21(28)7-6-18(20)11-30-25;1-15(31)30(27-12-18-8-5-9-20(25)22(18)24)19(13-28-36(2,33)34)14-35-23(32)29-21-10-16-6-3-4-7-17(16)11-26-21/h3-9,11,13,15-16,23,32H,10,12,14H2,1-2H3;3-11,19,27-28H,12-14H2,1-2H3,(H,26,29,32)/t23-;19-/m00/s1. The van der Waals surface area contributed by atoms with Crippen LogP contribution in [-0.4, -0.2) is 100 Å². The molecule has 4 N–H and O–H groups in total. The molecule has 3 aromatic heterocycles. The number of carbonyl (C=O) groups excluding carboxylic acids is 4. The normalized spacial score (nSPS) is 12.1. The van der Waals surface area contributed by atoms with Crippen molar-refractivity contribution in [3.63, 3.8) is 0 Å². The fraction of sp³-hybridized carbons (Fsp3) is 0.245. The number of anilines is 2. The number of halogens is 5. The van der Waals surface area contributed by atoms with E-state index >= 15 is 0 Å². The number of hydrogen-bond acceptors (Lipinski definition) is 13. The van der Waals surface area contributed by atoms with Crippen molar-refractivity contribution in [1.29, 1.82) is 0 Å². The number of pyridine rings is 2. The lowest BCUT2D eigenvalue weighted by Crippen LogP contribution is -2.54. The number of carbonyl (C=O) groups is 4. The molecule has 0 spiro atoms. The molecular weight excluding hydrogens is 1030 g/mol. The number of nitrogens with one attached hydrogen (secondary N) is 4. The van der Waals surface area contributed by atoms with Crippen LogP contribution in [0.4, 0.5) is 29.6 Å². The van der Waals surface area contributed by atoms with Gasteiger partial charge in [-0.2, -0.15) is 5.06 Å². The third-order valence-corrected chi connectivity index (χ3v) is 12.3. The minimum Gasteiger partial charge on any atom is -0.447 e. The third kappa shape index (κ3) is 16.1. The van der Waals surface area contributed by atoms with Crippen LogP contribution in [0.3, 0.4) is 0 Å². The van der Waals surface area contributed by atoms with Crippen molar-refractivity contribution < 1.29 is 50.3 Å². The molecule has 0 radical (unpaired) electrons. The summed E-state index contributed by atoms with van der Waals surface area (Å²) in [5.41, 5.74) is 7.31. The van der Waals surface area contributed by atoms with Crippen LogP contribution < -0.4 is 26.0 Å². The molecule has 0 unspecified atom stereocenters. The Morgan fingerprint density at radius 1 is 0.757 bits per heavy atom. The van der Waals surface area contributed by atoms with Crippen molar-refractivity contribution in [1.82, 2.24) is 45.1 Å². The number of imidazole rings is 1. The van der Waals surface area contributed by atoms with Crippen molar-refractivity contribution in [2.24, 2.45) is 7.05 Å². The highest BCUT2D eigenvalue weighted by molar-refractivity contribution is 7.88. The smallest absolute Gasteiger partial charge is 0.412 e. The van der Waals surface area contributed by atoms with Crippen molar-refractivity contribution in [3.8, 4) is 0 Å². The number of ether oxygens (including phenoxy) is 1. The summed E-state index contributed by atoms with van der Waals surface area (Å²) >= 11 is 12.1. The summed E-state index contributed by atoms with van der Waals surface area (Å²) in [7, 11) is -1.80. The lowest BCUT2D eigenvalue weighted by Gasteiger charge is -2.32. The number of sulfonamides is 1. The summed E-state index contributed by atoms with van der Waals surface area (Å²) in [6.45, 7) is 1.86. The number of nitrogens with zero attached hydrogens (tertiary/aromatic N) is 7. The maximum atomic E-state index is 13.9. The SMILES string of the molecule is CC(=O)N(NCc1cccc(F)c1Cl)[C@@H](CNS(C)(=O)=O)COC(=O)Nc1cc2ccccc2cn1.CC(=O)N(NCc1cccc(F)c1Cl)[C@H](CON(C=O)c1cc2cc(F)ccc2cn1)Cc1cn(C)cn1. The number of hydrogen-bond donors (Lipinski definition) is 4. The molecular formula is C49H50Cl2F3N11O8S. The van der Waals surface area contributed by atoms with Crippen molar-refractivity contribution in [2.45, 2.75) is 45.4 Å². The Kier molecular flexibility index (Phi) is 19.8. The molecule has 0 bridgehead atoms. The van der Waals surface area contributed by atoms with Crippen LogP contribution in [0.1, 0.15) is 30.7 Å². The third-order valence-electron chi connectivity index (χ3n) is 10.8. The summed E-state index contributed by atoms with van der Waals surface area (Å²) < 4.78 is 74.0. The maximum absolute atomic E-state index is 13.9. The molecule has 4 amide bonds. The van der Waals surface area contributed by atoms with E-state index in [0.29, 0.717) is 34.0 Å². The zero-order valence-corrected chi connectivity index (χ0v) is 42.5. The van der Waals surface area contributed by atoms with Crippen LogP contribution in [-0.2, 0) is 60.5 Å². The predicted octanol–water partition coefficient (Wildman–Crippen LogP) is 7.01. The van der Waals surface area contributed by atoms with Gasteiger partial charge in [-0.25, -0.2) is 56.9 Å². The van der Waals surface area contributed by atoms with Gasteiger partial charge in [0, 0.05) is 76.3 Å². The Labute approximate surface area is 433 Å². The summed E-state index contributed by atoms with van der Waals surface area (Å²) in [5, 5.41) is 8.68. The molecule has 74 heavy (non-hydrogen) atoms. The van der Waals surface area contributed by atoms with Gasteiger partial charge >= 0.3 is 6.09 Å². The Morgan fingerprint density at radius 3 is 1.96 bits per heavy atom. The molecule has 25 heteroatoms. The van der Waals surface area contributed by atoms with Gasteiger partial charge in [0.25, 0.3) is 0 Å². The van der Waals surface area contributed by atoms with Gasteiger partial charge in [-0.1, -0.05) is 71.7 Å². The van der Waals surface area contributed by atoms with E-state index in [9.17, 15) is 40.8 Å². The lowest BCUT2D eigenvalue weighted by molar-refractivity contribution is -0.137. The van der Waals surface area contributed by atoms with Crippen LogP contribution in [0.25, 0.3) is 21.5 Å². The number of hydrazine groups is 2. The molecule has 0 saturated carbocycles. The van der Waals surface area contributed by atoms with Crippen molar-refractivity contribution in [3.05, 3.63) is 160 Å². The van der Waals surface area contributed by atoms with Gasteiger partial charge in [0.05, 0.1) is 47.0 Å². The first-order chi connectivity index (χ1) is 35.3. The van der Waals surface area contributed by atoms with Gasteiger partial charge in [0.15, 0.2) is 5.82 Å². The van der Waals surface area contributed by atoms with Gasteiger partial charge in [-0.05, 0) is 64.4 Å². The molecule has 0 fully saturated rings. The molecule has 0 aliphatic rings. The van der Waals surface area contributed by atoms with E-state index in [0.717, 1.165) is 27.1 Å². The van der Waals surface area contributed by atoms with E-state index in [-0.39, 0.29) is 66.9 Å². The molecule has 4 aromatic carbocycles. The van der Waals surface area contributed by atoms with Gasteiger partial charge < -0.3 is 9.30 Å². The van der Waals surface area contributed by atoms with E-state index in [2.05, 4.69) is 35.8 Å². The van der Waals surface area contributed by atoms with E-state index in [1.54, 1.807) is 47.6 Å². The summed E-state index contributed by atoms with van der Waals surface area (Å²) in [4.78, 5) is 67.8. The first-order valence-electron chi connectivity index (χ1n) is 22.3. The van der Waals surface area contributed by atoms with Crippen molar-refractivity contribution in [2.75, 3.05) is 36.4 Å². The first kappa shape index (κ1) is 56.1. The fourth-order valence-electron chi connectivity index (χ4n) is 7.22. The number of aromatic nitrogens is 4. The molecule has 0 saturated heterocycles. The van der Waals surface area contributed by atoms with E-state index in [1.165, 1.54) is 67.5 Å². The second-order valence-corrected chi connectivity index (χ2v) is 19.0. The summed E-state index contributed by atoms with van der Waals surface area (Å²) in [6, 6.07) is 21.9. The molecule has 0 aliphatic carbocycles. The molecule has 7 aromatic rings. The highest BCUT2D eigenvalue weighted by Crippen LogP contribution is 2.23. The zero-order valence-electron chi connectivity index (χ0n) is 40.1. The highest BCUT2D eigenvalue weighted by Gasteiger charge is 2.27. The molecule has 390 valence electrons. The summed E-state index contributed by atoms with van der Waals surface area (Å²) in [5.74, 6) is -2.07. The summed E-state index contributed by atoms with van der Waals surface area (Å²) in [6.07, 6.45) is 7.34. The van der Waals surface area contributed by atoms with Crippen molar-refractivity contribution >= 4 is 90.7 Å². The highest BCUT2D eigenvalue weighted by atomic mass is 35.5. The second-order valence-electron chi connectivity index (χ2n) is 16.4. The topological polar surface area (TPSA) is 222 Å². The van der Waals surface area contributed by atoms with Crippen LogP contribution in [0.2, 0.25) is 10.0 Å². The van der Waals surface area contributed by atoms with Crippen LogP contribution in [0.15, 0.2) is 116 Å². The molecule has 3 heterocycles. The van der Waals surface area contributed by atoms with Crippen LogP contribution in [0, 0.1) is 17.5 Å². The van der Waals surface area contributed by atoms with Crippen LogP contribution >= 0.6 is 23.2 Å². The molecule has 7 rings (SSSR count). The Bertz CT molecular complexity index is 3230. The minimum absolute atomic E-state index is 0.0429. The van der Waals surface area contributed by atoms with Gasteiger partial charge in [-0.3, -0.25) is 34.6 Å². The van der Waals surface area contributed by atoms with E-state index in [4.69, 9.17) is 32.8 Å². The Morgan fingerprint density at radius 2 is 1.36 bits per heavy atom. The number of hydroxylamine groups is 1. The number of fused-ring (bicyclic) bond motifs is 2. The lowest BCUT2D eigenvalue weighted by atomic mass is 10.1. The van der Waals surface area contributed by atoms with E-state index in [1.807, 2.05) is 31.3 Å². The number of rotatable bonds is 21. The molecule has 2 atom stereocenters. The first-order valence-corrected chi connectivity index (χ1v) is 25.0. The number of amides is 4. The minimum atomic E-state index is -3.62. The average molecular weight is 1080 g/mol. The van der Waals surface area contributed by atoms with Gasteiger partial charge in [-0.15, -0.1) is 0 Å².